The van der Waals surface area contributed by atoms with Crippen molar-refractivity contribution in [3.05, 3.63) is 59.2 Å². The minimum Gasteiger partial charge on any atom is -0.372 e. The van der Waals surface area contributed by atoms with Crippen LogP contribution in [-0.2, 0) is 15.7 Å². The molecule has 0 aliphatic carbocycles. The maximum absolute atomic E-state index is 13.4. The monoisotopic (exact) mass is 487 g/mol. The van der Waals surface area contributed by atoms with Crippen molar-refractivity contribution in [1.29, 1.82) is 5.26 Å². The number of halogens is 3. The van der Waals surface area contributed by atoms with Gasteiger partial charge < -0.3 is 19.3 Å². The second kappa shape index (κ2) is 10.9. The van der Waals surface area contributed by atoms with E-state index in [0.29, 0.717) is 24.7 Å². The molecule has 4 rings (SSSR count). The Morgan fingerprint density at radius 1 is 0.943 bits per heavy atom. The van der Waals surface area contributed by atoms with Gasteiger partial charge in [-0.25, -0.2) is 0 Å². The van der Waals surface area contributed by atoms with Gasteiger partial charge in [0.05, 0.1) is 17.2 Å². The highest BCUT2D eigenvalue weighted by molar-refractivity contribution is 5.56. The van der Waals surface area contributed by atoms with Crippen LogP contribution in [0.3, 0.4) is 0 Å². The van der Waals surface area contributed by atoms with Gasteiger partial charge in [-0.05, 0) is 61.1 Å². The number of rotatable bonds is 7. The normalized spacial score (nSPS) is 19.4. The van der Waals surface area contributed by atoms with E-state index in [-0.39, 0.29) is 17.8 Å². The molecule has 35 heavy (non-hydrogen) atoms. The summed E-state index contributed by atoms with van der Waals surface area (Å²) in [5.74, 6) is 0.861. The van der Waals surface area contributed by atoms with Crippen LogP contribution in [0.5, 0.6) is 0 Å². The lowest BCUT2D eigenvalue weighted by molar-refractivity contribution is -0.137. The zero-order chi connectivity index (χ0) is 25.0. The lowest BCUT2D eigenvalue weighted by atomic mass is 9.92. The van der Waals surface area contributed by atoms with Crippen LogP contribution in [-0.4, -0.2) is 46.7 Å². The molecule has 2 heterocycles. The number of methoxy groups -OCH3 is 2. The number of benzene rings is 2. The molecule has 1 atom stereocenters. The summed E-state index contributed by atoms with van der Waals surface area (Å²) in [6.45, 7) is 3.35. The summed E-state index contributed by atoms with van der Waals surface area (Å²) in [6.07, 6.45) is -0.672. The number of hydrogen-bond donors (Lipinski definition) is 0. The predicted molar refractivity (Wildman–Crippen MR) is 130 cm³/mol. The Bertz CT molecular complexity index is 1020. The molecular weight excluding hydrogens is 455 g/mol. The lowest BCUT2D eigenvalue weighted by Gasteiger charge is -2.34. The Morgan fingerprint density at radius 2 is 1.57 bits per heavy atom. The molecule has 8 heteroatoms. The first-order chi connectivity index (χ1) is 16.8. The average molecular weight is 488 g/mol. The molecule has 2 saturated heterocycles. The first-order valence-corrected chi connectivity index (χ1v) is 12.1. The summed E-state index contributed by atoms with van der Waals surface area (Å²) in [6, 6.07) is 14.3. The fourth-order valence-corrected chi connectivity index (χ4v) is 5.27. The molecule has 2 fully saturated rings. The summed E-state index contributed by atoms with van der Waals surface area (Å²) in [4.78, 5) is 4.39. The van der Waals surface area contributed by atoms with E-state index >= 15 is 0 Å². The molecule has 2 aromatic rings. The summed E-state index contributed by atoms with van der Waals surface area (Å²) < 4.78 is 50.8. The van der Waals surface area contributed by atoms with Crippen molar-refractivity contribution >= 4 is 11.4 Å². The molecule has 0 bridgehead atoms. The molecular formula is C27H32F3N3O2. The zero-order valence-corrected chi connectivity index (χ0v) is 20.2. The van der Waals surface area contributed by atoms with E-state index in [1.807, 2.05) is 4.90 Å². The van der Waals surface area contributed by atoms with Crippen molar-refractivity contribution in [2.45, 2.75) is 44.1 Å². The highest BCUT2D eigenvalue weighted by Gasteiger charge is 2.35. The topological polar surface area (TPSA) is 48.7 Å². The van der Waals surface area contributed by atoms with Crippen LogP contribution in [0.25, 0.3) is 0 Å². The van der Waals surface area contributed by atoms with Crippen molar-refractivity contribution in [2.24, 2.45) is 5.92 Å². The molecule has 0 aromatic heterocycles. The van der Waals surface area contributed by atoms with Crippen molar-refractivity contribution in [3.8, 4) is 6.07 Å². The van der Waals surface area contributed by atoms with Crippen LogP contribution >= 0.6 is 0 Å². The van der Waals surface area contributed by atoms with Gasteiger partial charge in [-0.15, -0.1) is 0 Å². The smallest absolute Gasteiger partial charge is 0.372 e. The van der Waals surface area contributed by atoms with E-state index in [1.54, 1.807) is 26.4 Å². The molecule has 0 N–H and O–H groups in total. The van der Waals surface area contributed by atoms with Gasteiger partial charge in [0.15, 0.2) is 6.29 Å². The van der Waals surface area contributed by atoms with Gasteiger partial charge in [0.2, 0.25) is 0 Å². The quantitative estimate of drug-likeness (QED) is 0.462. The standard InChI is InChI=1S/C27H32F3N3O2/c1-34-26(35-2)15-19-9-12-32(13-10-19)23-6-3-20(4-7-23)22-11-14-33(18-22)24-8-5-21(17-31)25(16-24)27(28,29)30/h3-8,16,19,22,26H,9-15,18H2,1-2H3. The Balaban J connectivity index is 1.35. The second-order valence-electron chi connectivity index (χ2n) is 9.43. The SMILES string of the molecule is COC(CC1CCN(c2ccc(C3CCN(c4ccc(C#N)c(C(F)(F)F)c4)C3)cc2)CC1)OC. The fraction of sp³-hybridized carbons (Fsp3) is 0.519. The minimum absolute atomic E-state index is 0.138. The van der Waals surface area contributed by atoms with Crippen LogP contribution in [0.1, 0.15) is 48.3 Å². The summed E-state index contributed by atoms with van der Waals surface area (Å²) in [7, 11) is 3.36. The Hall–Kier alpha value is -2.76. The fourth-order valence-electron chi connectivity index (χ4n) is 5.27. The first-order valence-electron chi connectivity index (χ1n) is 12.1. The largest absolute Gasteiger partial charge is 0.417 e. The number of ether oxygens (including phenoxy) is 2. The van der Waals surface area contributed by atoms with Crippen LogP contribution < -0.4 is 9.80 Å². The van der Waals surface area contributed by atoms with Crippen molar-refractivity contribution in [1.82, 2.24) is 0 Å². The highest BCUT2D eigenvalue weighted by Crippen LogP contribution is 2.37. The van der Waals surface area contributed by atoms with Gasteiger partial charge in [0.25, 0.3) is 0 Å². The van der Waals surface area contributed by atoms with E-state index in [1.165, 1.54) is 17.3 Å². The lowest BCUT2D eigenvalue weighted by Crippen LogP contribution is -2.35. The zero-order valence-electron chi connectivity index (χ0n) is 20.2. The van der Waals surface area contributed by atoms with Gasteiger partial charge in [0, 0.05) is 64.1 Å². The van der Waals surface area contributed by atoms with Crippen LogP contribution in [0.15, 0.2) is 42.5 Å². The van der Waals surface area contributed by atoms with Crippen molar-refractivity contribution in [2.75, 3.05) is 50.2 Å². The van der Waals surface area contributed by atoms with E-state index in [9.17, 15) is 13.2 Å². The second-order valence-corrected chi connectivity index (χ2v) is 9.43. The maximum Gasteiger partial charge on any atom is 0.417 e. The minimum atomic E-state index is -4.54. The predicted octanol–water partition coefficient (Wildman–Crippen LogP) is 5.80. The van der Waals surface area contributed by atoms with Crippen molar-refractivity contribution in [3.63, 3.8) is 0 Å². The molecule has 5 nitrogen and oxygen atoms in total. The molecule has 2 aliphatic rings. The Kier molecular flexibility index (Phi) is 7.88. The van der Waals surface area contributed by atoms with E-state index in [4.69, 9.17) is 14.7 Å². The number of alkyl halides is 3. The van der Waals surface area contributed by atoms with Crippen LogP contribution in [0, 0.1) is 17.2 Å². The van der Waals surface area contributed by atoms with Crippen molar-refractivity contribution < 1.29 is 22.6 Å². The Labute approximate surface area is 205 Å². The van der Waals surface area contributed by atoms with Gasteiger partial charge in [0.1, 0.15) is 0 Å². The van der Waals surface area contributed by atoms with E-state index in [0.717, 1.165) is 44.8 Å². The molecule has 0 saturated carbocycles. The molecule has 0 radical (unpaired) electrons. The number of hydrogen-bond acceptors (Lipinski definition) is 5. The summed E-state index contributed by atoms with van der Waals surface area (Å²) in [5, 5.41) is 9.04. The summed E-state index contributed by atoms with van der Waals surface area (Å²) in [5.41, 5.74) is 1.73. The van der Waals surface area contributed by atoms with Gasteiger partial charge in [-0.1, -0.05) is 12.1 Å². The molecule has 1 unspecified atom stereocenters. The highest BCUT2D eigenvalue weighted by atomic mass is 19.4. The number of piperidine rings is 1. The number of nitriles is 1. The Morgan fingerprint density at radius 3 is 2.17 bits per heavy atom. The molecule has 2 aliphatic heterocycles. The first kappa shape index (κ1) is 25.3. The van der Waals surface area contributed by atoms with E-state index in [2.05, 4.69) is 29.2 Å². The average Bonchev–Trinajstić information content (AvgIpc) is 3.37. The molecule has 0 amide bonds. The van der Waals surface area contributed by atoms with E-state index < -0.39 is 11.7 Å². The summed E-state index contributed by atoms with van der Waals surface area (Å²) >= 11 is 0. The van der Waals surface area contributed by atoms with Crippen LogP contribution in [0.4, 0.5) is 24.5 Å². The third-order valence-corrected chi connectivity index (χ3v) is 7.38. The molecule has 0 spiro atoms. The molecule has 188 valence electrons. The van der Waals surface area contributed by atoms with Crippen LogP contribution in [0.2, 0.25) is 0 Å². The molecule has 2 aromatic carbocycles. The third-order valence-electron chi connectivity index (χ3n) is 7.38. The van der Waals surface area contributed by atoms with Gasteiger partial charge in [-0.3, -0.25) is 0 Å². The third kappa shape index (κ3) is 5.91. The number of nitrogens with zero attached hydrogens (tertiary/aromatic N) is 3. The van der Waals surface area contributed by atoms with Gasteiger partial charge >= 0.3 is 6.18 Å². The number of anilines is 2. The van der Waals surface area contributed by atoms with Gasteiger partial charge in [-0.2, -0.15) is 18.4 Å². The maximum atomic E-state index is 13.4.